The van der Waals surface area contributed by atoms with E-state index in [1.807, 2.05) is 0 Å². The minimum Gasteiger partial charge on any atom is -0.314 e. The minimum absolute atomic E-state index is 0.502. The zero-order valence-corrected chi connectivity index (χ0v) is 10.0. The topological polar surface area (TPSA) is 37.8 Å². The minimum atomic E-state index is 0.502. The molecular formula is C10H19N3S. The predicted octanol–water partition coefficient (Wildman–Crippen LogP) is 2.03. The fourth-order valence-corrected chi connectivity index (χ4v) is 2.19. The van der Waals surface area contributed by atoms with Crippen molar-refractivity contribution in [1.29, 1.82) is 0 Å². The van der Waals surface area contributed by atoms with E-state index in [0.29, 0.717) is 6.04 Å². The average molecular weight is 213 g/mol. The Kier molecular flexibility index (Phi) is 5.04. The smallest absolute Gasteiger partial charge is 0.142 e. The molecule has 0 aromatic carbocycles. The Balaban J connectivity index is 2.42. The average Bonchev–Trinajstić information content (AvgIpc) is 2.53. The van der Waals surface area contributed by atoms with Crippen LogP contribution < -0.4 is 5.32 Å². The number of aryl methyl sites for hydroxylation is 1. The lowest BCUT2D eigenvalue weighted by Crippen LogP contribution is -2.27. The molecule has 1 rings (SSSR count). The first-order valence-electron chi connectivity index (χ1n) is 5.31. The molecule has 0 saturated heterocycles. The monoisotopic (exact) mass is 213 g/mol. The molecule has 0 bridgehead atoms. The number of hydrogen-bond donors (Lipinski definition) is 1. The molecule has 14 heavy (non-hydrogen) atoms. The normalized spacial score (nSPS) is 13.1. The summed E-state index contributed by atoms with van der Waals surface area (Å²) in [6, 6.07) is 0.502. The molecule has 0 amide bonds. The summed E-state index contributed by atoms with van der Waals surface area (Å²) in [7, 11) is 0. The van der Waals surface area contributed by atoms with Gasteiger partial charge in [0.05, 0.1) is 0 Å². The highest BCUT2D eigenvalue weighted by Gasteiger charge is 2.07. The first kappa shape index (κ1) is 11.6. The summed E-state index contributed by atoms with van der Waals surface area (Å²) in [6.45, 7) is 7.48. The van der Waals surface area contributed by atoms with Gasteiger partial charge >= 0.3 is 0 Å². The second kappa shape index (κ2) is 6.09. The van der Waals surface area contributed by atoms with Gasteiger partial charge in [-0.3, -0.25) is 0 Å². The van der Waals surface area contributed by atoms with Crippen molar-refractivity contribution in [2.45, 2.75) is 46.1 Å². The molecule has 1 atom stereocenters. The summed E-state index contributed by atoms with van der Waals surface area (Å²) in [6.07, 6.45) is 3.13. The molecule has 0 saturated carbocycles. The predicted molar refractivity (Wildman–Crippen MR) is 60.7 cm³/mol. The van der Waals surface area contributed by atoms with Gasteiger partial charge in [-0.2, -0.15) is 4.37 Å². The van der Waals surface area contributed by atoms with Crippen molar-refractivity contribution in [2.75, 3.05) is 6.54 Å². The molecular weight excluding hydrogens is 194 g/mol. The van der Waals surface area contributed by atoms with Crippen LogP contribution >= 0.6 is 11.5 Å². The second-order valence-corrected chi connectivity index (χ2v) is 4.35. The molecule has 0 fully saturated rings. The van der Waals surface area contributed by atoms with Crippen molar-refractivity contribution in [1.82, 2.24) is 14.7 Å². The van der Waals surface area contributed by atoms with E-state index in [2.05, 4.69) is 35.4 Å². The maximum atomic E-state index is 4.49. The Hall–Kier alpha value is -0.480. The van der Waals surface area contributed by atoms with E-state index in [-0.39, 0.29) is 0 Å². The van der Waals surface area contributed by atoms with Gasteiger partial charge in [-0.05, 0) is 31.4 Å². The first-order chi connectivity index (χ1) is 6.76. The maximum absolute atomic E-state index is 4.49. The van der Waals surface area contributed by atoms with Gasteiger partial charge in [-0.1, -0.05) is 13.8 Å². The van der Waals surface area contributed by atoms with Gasteiger partial charge in [-0.15, -0.1) is 0 Å². The van der Waals surface area contributed by atoms with Crippen molar-refractivity contribution in [2.24, 2.45) is 0 Å². The molecule has 0 radical (unpaired) electrons. The Morgan fingerprint density at radius 2 is 2.21 bits per heavy atom. The summed E-state index contributed by atoms with van der Waals surface area (Å²) >= 11 is 1.54. The molecule has 1 aromatic heterocycles. The van der Waals surface area contributed by atoms with Gasteiger partial charge in [0.1, 0.15) is 10.8 Å². The number of hydrogen-bond acceptors (Lipinski definition) is 4. The third-order valence-electron chi connectivity index (χ3n) is 2.02. The van der Waals surface area contributed by atoms with E-state index < -0.39 is 0 Å². The van der Waals surface area contributed by atoms with Crippen LogP contribution in [0.3, 0.4) is 0 Å². The van der Waals surface area contributed by atoms with Gasteiger partial charge in [0.2, 0.25) is 0 Å². The molecule has 1 heterocycles. The van der Waals surface area contributed by atoms with Crippen LogP contribution in [0.1, 0.15) is 38.0 Å². The molecule has 1 unspecified atom stereocenters. The van der Waals surface area contributed by atoms with Crippen LogP contribution in [0, 0.1) is 0 Å². The molecule has 0 aliphatic rings. The van der Waals surface area contributed by atoms with Crippen LogP contribution in [0.2, 0.25) is 0 Å². The number of likely N-dealkylation sites (N-methyl/N-ethyl adjacent to an activating group) is 1. The molecule has 3 nitrogen and oxygen atoms in total. The lowest BCUT2D eigenvalue weighted by molar-refractivity contribution is 0.563. The zero-order valence-electron chi connectivity index (χ0n) is 9.21. The van der Waals surface area contributed by atoms with Gasteiger partial charge in [0, 0.05) is 18.9 Å². The number of nitrogens with zero attached hydrogens (tertiary/aromatic N) is 2. The van der Waals surface area contributed by atoms with Crippen LogP contribution in [-0.4, -0.2) is 21.9 Å². The van der Waals surface area contributed by atoms with Crippen LogP contribution in [0.4, 0.5) is 0 Å². The summed E-state index contributed by atoms with van der Waals surface area (Å²) < 4.78 is 4.32. The molecule has 0 aliphatic carbocycles. The Morgan fingerprint density at radius 3 is 2.86 bits per heavy atom. The van der Waals surface area contributed by atoms with Crippen molar-refractivity contribution in [3.63, 3.8) is 0 Å². The first-order valence-corrected chi connectivity index (χ1v) is 6.08. The summed E-state index contributed by atoms with van der Waals surface area (Å²) in [5.41, 5.74) is 0. The molecule has 1 aromatic rings. The Labute approximate surface area is 90.1 Å². The van der Waals surface area contributed by atoms with Crippen molar-refractivity contribution < 1.29 is 0 Å². The second-order valence-electron chi connectivity index (χ2n) is 3.52. The maximum Gasteiger partial charge on any atom is 0.142 e. The molecule has 1 N–H and O–H groups in total. The van der Waals surface area contributed by atoms with E-state index in [0.717, 1.165) is 36.6 Å². The summed E-state index contributed by atoms with van der Waals surface area (Å²) in [5, 5.41) is 4.53. The SMILES string of the molecule is CCCc1nsc(CC(C)NCC)n1. The largest absolute Gasteiger partial charge is 0.314 e. The third-order valence-corrected chi connectivity index (χ3v) is 2.79. The van der Waals surface area contributed by atoms with Gasteiger partial charge in [0.15, 0.2) is 0 Å². The standard InChI is InChI=1S/C10H19N3S/c1-4-6-9-12-10(14-13-9)7-8(3)11-5-2/h8,11H,4-7H2,1-3H3. The lowest BCUT2D eigenvalue weighted by Gasteiger charge is -2.08. The Morgan fingerprint density at radius 1 is 1.43 bits per heavy atom. The van der Waals surface area contributed by atoms with Crippen LogP contribution in [0.25, 0.3) is 0 Å². The highest BCUT2D eigenvalue weighted by Crippen LogP contribution is 2.08. The molecule has 0 aliphatic heterocycles. The number of rotatable bonds is 6. The quantitative estimate of drug-likeness (QED) is 0.785. The Bertz CT molecular complexity index is 260. The zero-order chi connectivity index (χ0) is 10.4. The van der Waals surface area contributed by atoms with E-state index in [4.69, 9.17) is 0 Å². The number of aromatic nitrogens is 2. The van der Waals surface area contributed by atoms with Gasteiger partial charge in [-0.25, -0.2) is 4.98 Å². The van der Waals surface area contributed by atoms with Crippen LogP contribution in [0.5, 0.6) is 0 Å². The fourth-order valence-electron chi connectivity index (χ4n) is 1.38. The van der Waals surface area contributed by atoms with Crippen molar-refractivity contribution in [3.8, 4) is 0 Å². The molecule has 80 valence electrons. The van der Waals surface area contributed by atoms with E-state index in [1.165, 1.54) is 0 Å². The van der Waals surface area contributed by atoms with E-state index in [9.17, 15) is 0 Å². The van der Waals surface area contributed by atoms with Crippen LogP contribution in [0.15, 0.2) is 0 Å². The van der Waals surface area contributed by atoms with Crippen molar-refractivity contribution in [3.05, 3.63) is 10.8 Å². The number of nitrogens with one attached hydrogen (secondary N) is 1. The van der Waals surface area contributed by atoms with Gasteiger partial charge < -0.3 is 5.32 Å². The third kappa shape index (κ3) is 3.72. The van der Waals surface area contributed by atoms with Gasteiger partial charge in [0.25, 0.3) is 0 Å². The summed E-state index contributed by atoms with van der Waals surface area (Å²) in [5.74, 6) is 1.01. The lowest BCUT2D eigenvalue weighted by atomic mass is 10.2. The summed E-state index contributed by atoms with van der Waals surface area (Å²) in [4.78, 5) is 4.49. The van der Waals surface area contributed by atoms with Crippen LogP contribution in [-0.2, 0) is 12.8 Å². The van der Waals surface area contributed by atoms with Crippen molar-refractivity contribution >= 4 is 11.5 Å². The molecule has 0 spiro atoms. The molecule has 4 heteroatoms. The highest BCUT2D eigenvalue weighted by atomic mass is 32.1. The fraction of sp³-hybridized carbons (Fsp3) is 0.800. The van der Waals surface area contributed by atoms with E-state index >= 15 is 0 Å². The highest BCUT2D eigenvalue weighted by molar-refractivity contribution is 7.05. The van der Waals surface area contributed by atoms with E-state index in [1.54, 1.807) is 11.5 Å².